The highest BCUT2D eigenvalue weighted by atomic mass is 16.1. The summed E-state index contributed by atoms with van der Waals surface area (Å²) in [5.74, 6) is 1.50. The predicted molar refractivity (Wildman–Crippen MR) is 88.7 cm³/mol. The first-order valence-corrected chi connectivity index (χ1v) is 8.11. The van der Waals surface area contributed by atoms with Crippen LogP contribution in [-0.4, -0.2) is 18.2 Å². The lowest BCUT2D eigenvalue weighted by Gasteiger charge is -2.11. The summed E-state index contributed by atoms with van der Waals surface area (Å²) in [6.45, 7) is 4.58. The van der Waals surface area contributed by atoms with Gasteiger partial charge in [0.25, 0.3) is 0 Å². The Hall–Kier alpha value is -1.84. The molecule has 0 aliphatic heterocycles. The second-order valence-electron chi connectivity index (χ2n) is 6.57. The number of rotatable bonds is 6. The van der Waals surface area contributed by atoms with Crippen LogP contribution in [0.5, 0.6) is 0 Å². The molecule has 0 radical (unpaired) electrons. The number of Topliss-reactive ketones (excluding diaryl/α,β-unsaturated/α-hetero) is 1. The van der Waals surface area contributed by atoms with Crippen LogP contribution in [0.15, 0.2) is 18.2 Å². The smallest absolute Gasteiger partial charge is 0.220 e. The van der Waals surface area contributed by atoms with Gasteiger partial charge in [0, 0.05) is 24.2 Å². The number of carbonyl (C=O) groups is 2. The Morgan fingerprint density at radius 1 is 1.32 bits per heavy atom. The number of anilines is 1. The summed E-state index contributed by atoms with van der Waals surface area (Å²) in [4.78, 5) is 23.3. The molecule has 3 N–H and O–H groups in total. The lowest BCUT2D eigenvalue weighted by molar-refractivity contribution is -0.121. The fourth-order valence-corrected chi connectivity index (χ4v) is 3.20. The van der Waals surface area contributed by atoms with Gasteiger partial charge in [-0.3, -0.25) is 9.59 Å². The number of hydrogen-bond donors (Lipinski definition) is 2. The third-order valence-electron chi connectivity index (χ3n) is 4.53. The van der Waals surface area contributed by atoms with E-state index >= 15 is 0 Å². The highest BCUT2D eigenvalue weighted by Crippen LogP contribution is 2.29. The van der Waals surface area contributed by atoms with Crippen LogP contribution in [0.4, 0.5) is 5.69 Å². The van der Waals surface area contributed by atoms with Crippen molar-refractivity contribution in [3.63, 3.8) is 0 Å². The van der Waals surface area contributed by atoms with E-state index in [-0.39, 0.29) is 11.7 Å². The van der Waals surface area contributed by atoms with E-state index in [1.54, 1.807) is 12.1 Å². The predicted octanol–water partition coefficient (Wildman–Crippen LogP) is 2.96. The highest BCUT2D eigenvalue weighted by Gasteiger charge is 2.21. The Kier molecular flexibility index (Phi) is 5.58. The van der Waals surface area contributed by atoms with E-state index in [0.29, 0.717) is 30.0 Å². The van der Waals surface area contributed by atoms with Crippen molar-refractivity contribution in [3.05, 3.63) is 29.3 Å². The van der Waals surface area contributed by atoms with Gasteiger partial charge >= 0.3 is 0 Å². The van der Waals surface area contributed by atoms with Crippen LogP contribution in [-0.2, 0) is 11.2 Å². The number of nitrogen functional groups attached to an aromatic ring is 1. The van der Waals surface area contributed by atoms with Crippen molar-refractivity contribution >= 4 is 17.4 Å². The maximum Gasteiger partial charge on any atom is 0.220 e. The van der Waals surface area contributed by atoms with E-state index in [0.717, 1.165) is 18.0 Å². The Morgan fingerprint density at radius 2 is 2.09 bits per heavy atom. The van der Waals surface area contributed by atoms with E-state index in [1.807, 2.05) is 6.07 Å². The molecule has 1 aromatic carbocycles. The molecule has 4 heteroatoms. The maximum absolute atomic E-state index is 11.9. The maximum atomic E-state index is 11.9. The zero-order chi connectivity index (χ0) is 16.1. The zero-order valence-electron chi connectivity index (χ0n) is 13.5. The van der Waals surface area contributed by atoms with E-state index in [1.165, 1.54) is 26.2 Å². The van der Waals surface area contributed by atoms with E-state index in [2.05, 4.69) is 12.2 Å². The lowest BCUT2D eigenvalue weighted by Crippen LogP contribution is -2.28. The molecule has 120 valence electrons. The number of ketones is 1. The molecule has 0 saturated heterocycles. The molecule has 0 bridgehead atoms. The molecule has 1 aliphatic carbocycles. The molecule has 1 aliphatic rings. The second-order valence-corrected chi connectivity index (χ2v) is 6.57. The molecule has 0 heterocycles. The average Bonchev–Trinajstić information content (AvgIpc) is 2.88. The summed E-state index contributed by atoms with van der Waals surface area (Å²) in [6, 6.07) is 5.41. The van der Waals surface area contributed by atoms with E-state index in [4.69, 9.17) is 5.73 Å². The first-order valence-electron chi connectivity index (χ1n) is 8.11. The summed E-state index contributed by atoms with van der Waals surface area (Å²) in [7, 11) is 0. The van der Waals surface area contributed by atoms with Crippen molar-refractivity contribution in [3.8, 4) is 0 Å². The first-order chi connectivity index (χ1) is 10.5. The summed E-state index contributed by atoms with van der Waals surface area (Å²) in [6.07, 6.45) is 4.84. The minimum Gasteiger partial charge on any atom is -0.398 e. The Balaban J connectivity index is 1.76. The number of nitrogens with two attached hydrogens (primary N) is 1. The van der Waals surface area contributed by atoms with Crippen molar-refractivity contribution in [1.29, 1.82) is 0 Å². The number of carbonyl (C=O) groups excluding carboxylic acids is 2. The summed E-state index contributed by atoms with van der Waals surface area (Å²) in [5, 5.41) is 3.04. The minimum absolute atomic E-state index is 0.0346. The third-order valence-corrected chi connectivity index (χ3v) is 4.53. The fraction of sp³-hybridized carbons (Fsp3) is 0.556. The average molecular weight is 302 g/mol. The number of nitrogens with one attached hydrogen (secondary N) is 1. The Morgan fingerprint density at radius 3 is 2.68 bits per heavy atom. The van der Waals surface area contributed by atoms with Gasteiger partial charge in [-0.2, -0.15) is 0 Å². The number of aryl methyl sites for hydroxylation is 1. The molecule has 4 nitrogen and oxygen atoms in total. The van der Waals surface area contributed by atoms with Gasteiger partial charge in [0.1, 0.15) is 0 Å². The molecular weight excluding hydrogens is 276 g/mol. The van der Waals surface area contributed by atoms with Gasteiger partial charge in [0.15, 0.2) is 5.78 Å². The highest BCUT2D eigenvalue weighted by molar-refractivity contribution is 5.99. The van der Waals surface area contributed by atoms with Crippen molar-refractivity contribution in [2.75, 3.05) is 12.3 Å². The molecule has 1 amide bonds. The SMILES string of the molecule is CC(=O)c1ccc(CCC(=O)NCC2CCC(C)C2)cc1N. The number of amides is 1. The molecule has 0 spiro atoms. The van der Waals surface area contributed by atoms with Crippen LogP contribution < -0.4 is 11.1 Å². The van der Waals surface area contributed by atoms with Gasteiger partial charge in [-0.1, -0.05) is 19.4 Å². The monoisotopic (exact) mass is 302 g/mol. The van der Waals surface area contributed by atoms with Crippen LogP contribution in [0.25, 0.3) is 0 Å². The van der Waals surface area contributed by atoms with E-state index < -0.39 is 0 Å². The largest absolute Gasteiger partial charge is 0.398 e. The van der Waals surface area contributed by atoms with Crippen molar-refractivity contribution < 1.29 is 9.59 Å². The summed E-state index contributed by atoms with van der Waals surface area (Å²) < 4.78 is 0. The molecule has 22 heavy (non-hydrogen) atoms. The summed E-state index contributed by atoms with van der Waals surface area (Å²) >= 11 is 0. The molecule has 0 aromatic heterocycles. The number of hydrogen-bond acceptors (Lipinski definition) is 3. The topological polar surface area (TPSA) is 72.2 Å². The molecule has 2 atom stereocenters. The summed E-state index contributed by atoms with van der Waals surface area (Å²) in [5.41, 5.74) is 7.89. The van der Waals surface area contributed by atoms with Crippen molar-refractivity contribution in [2.45, 2.75) is 46.0 Å². The van der Waals surface area contributed by atoms with Crippen LogP contribution >= 0.6 is 0 Å². The minimum atomic E-state index is -0.0346. The van der Waals surface area contributed by atoms with Crippen LogP contribution in [0.3, 0.4) is 0 Å². The Bertz CT molecular complexity index is 554. The van der Waals surface area contributed by atoms with Crippen LogP contribution in [0.1, 0.15) is 55.5 Å². The van der Waals surface area contributed by atoms with Gasteiger partial charge in [-0.25, -0.2) is 0 Å². The molecule has 2 rings (SSSR count). The van der Waals surface area contributed by atoms with Gasteiger partial charge in [0.05, 0.1) is 0 Å². The molecular formula is C18H26N2O2. The van der Waals surface area contributed by atoms with Crippen LogP contribution in [0, 0.1) is 11.8 Å². The molecule has 1 saturated carbocycles. The first kappa shape index (κ1) is 16.5. The zero-order valence-corrected chi connectivity index (χ0v) is 13.5. The second kappa shape index (κ2) is 7.43. The van der Waals surface area contributed by atoms with Crippen LogP contribution in [0.2, 0.25) is 0 Å². The normalized spacial score (nSPS) is 20.8. The fourth-order valence-electron chi connectivity index (χ4n) is 3.20. The number of benzene rings is 1. The quantitative estimate of drug-likeness (QED) is 0.627. The van der Waals surface area contributed by atoms with Gasteiger partial charge in [-0.15, -0.1) is 0 Å². The molecule has 1 aromatic rings. The molecule has 1 fully saturated rings. The van der Waals surface area contributed by atoms with Gasteiger partial charge in [-0.05, 0) is 55.7 Å². The standard InChI is InChI=1S/C18H26N2O2/c1-12-3-4-15(9-12)11-20-18(22)8-6-14-5-7-16(13(2)21)17(19)10-14/h5,7,10,12,15H,3-4,6,8-9,11,19H2,1-2H3,(H,20,22). The van der Waals surface area contributed by atoms with Crippen molar-refractivity contribution in [1.82, 2.24) is 5.32 Å². The van der Waals surface area contributed by atoms with Crippen molar-refractivity contribution in [2.24, 2.45) is 11.8 Å². The van der Waals surface area contributed by atoms with Gasteiger partial charge in [0.2, 0.25) is 5.91 Å². The molecule has 2 unspecified atom stereocenters. The third kappa shape index (κ3) is 4.58. The van der Waals surface area contributed by atoms with E-state index in [9.17, 15) is 9.59 Å². The lowest BCUT2D eigenvalue weighted by atomic mass is 10.0. The van der Waals surface area contributed by atoms with Gasteiger partial charge < -0.3 is 11.1 Å². The Labute approximate surface area is 132 Å².